The summed E-state index contributed by atoms with van der Waals surface area (Å²) in [7, 11) is 5.84. The van der Waals surface area contributed by atoms with Crippen LogP contribution in [0.4, 0.5) is 4.79 Å². The van der Waals surface area contributed by atoms with Gasteiger partial charge in [0.1, 0.15) is 12.2 Å². The molecule has 4 aromatic rings. The first-order valence-electron chi connectivity index (χ1n) is 12.0. The van der Waals surface area contributed by atoms with Crippen molar-refractivity contribution < 1.29 is 23.7 Å². The second kappa shape index (κ2) is 7.86. The number of hydrogen-bond donors (Lipinski definition) is 0. The molecule has 2 atom stereocenters. The van der Waals surface area contributed by atoms with E-state index in [0.29, 0.717) is 46.5 Å². The number of nitrogens with zero attached hydrogens (tertiary/aromatic N) is 2. The van der Waals surface area contributed by atoms with Crippen LogP contribution in [0.5, 0.6) is 11.5 Å². The molecule has 0 spiro atoms. The van der Waals surface area contributed by atoms with Gasteiger partial charge in [-0.15, -0.1) is 0 Å². The Morgan fingerprint density at radius 2 is 1.75 bits per heavy atom. The van der Waals surface area contributed by atoms with Crippen LogP contribution in [0.1, 0.15) is 25.5 Å². The molecule has 3 aromatic carbocycles. The Morgan fingerprint density at radius 3 is 2.47 bits per heavy atom. The third kappa shape index (κ3) is 3.32. The fraction of sp³-hybridized carbons (Fsp3) is 0.357. The van der Waals surface area contributed by atoms with Crippen LogP contribution in [0.3, 0.4) is 0 Å². The van der Waals surface area contributed by atoms with Crippen LogP contribution in [-0.2, 0) is 16.5 Å². The van der Waals surface area contributed by atoms with Gasteiger partial charge in [0.05, 0.1) is 22.0 Å². The van der Waals surface area contributed by atoms with E-state index in [-0.39, 0.29) is 5.43 Å². The molecule has 0 unspecified atom stereocenters. The van der Waals surface area contributed by atoms with Gasteiger partial charge in [-0.1, -0.05) is 24.3 Å². The number of fused-ring (bicyclic) bond motifs is 7. The Kier molecular flexibility index (Phi) is 4.95. The molecule has 0 aliphatic carbocycles. The molecule has 1 saturated heterocycles. The minimum Gasteiger partial charge on any atom is -0.488 e. The molecule has 8 nitrogen and oxygen atoms in total. The Labute approximate surface area is 207 Å². The van der Waals surface area contributed by atoms with E-state index in [4.69, 9.17) is 18.9 Å². The zero-order valence-corrected chi connectivity index (χ0v) is 21.0. The van der Waals surface area contributed by atoms with Crippen molar-refractivity contribution in [1.82, 2.24) is 9.47 Å². The van der Waals surface area contributed by atoms with E-state index in [1.54, 1.807) is 6.07 Å². The molecular formula is C28H28N2O6. The maximum absolute atomic E-state index is 13.9. The second-order valence-electron chi connectivity index (χ2n) is 10.3. The highest BCUT2D eigenvalue weighted by atomic mass is 16.8. The lowest BCUT2D eigenvalue weighted by molar-refractivity contribution is -0.0515. The Hall–Kier alpha value is -3.78. The fourth-order valence-electron chi connectivity index (χ4n) is 5.35. The Bertz CT molecular complexity index is 1620. The van der Waals surface area contributed by atoms with E-state index in [2.05, 4.69) is 0 Å². The highest BCUT2D eigenvalue weighted by molar-refractivity contribution is 6.03. The summed E-state index contributed by atoms with van der Waals surface area (Å²) >= 11 is 0. The minimum absolute atomic E-state index is 0.115. The van der Waals surface area contributed by atoms with Crippen LogP contribution >= 0.6 is 0 Å². The van der Waals surface area contributed by atoms with Crippen LogP contribution in [0.15, 0.2) is 47.3 Å². The summed E-state index contributed by atoms with van der Waals surface area (Å²) in [5, 5.41) is 3.10. The van der Waals surface area contributed by atoms with Crippen molar-refractivity contribution in [3.63, 3.8) is 0 Å². The van der Waals surface area contributed by atoms with Gasteiger partial charge in [-0.25, -0.2) is 4.79 Å². The summed E-state index contributed by atoms with van der Waals surface area (Å²) in [5.41, 5.74) is 1.04. The highest BCUT2D eigenvalue weighted by Gasteiger charge is 2.55. The predicted molar refractivity (Wildman–Crippen MR) is 137 cm³/mol. The monoisotopic (exact) mass is 488 g/mol. The van der Waals surface area contributed by atoms with Crippen LogP contribution in [-0.4, -0.2) is 54.6 Å². The molecule has 186 valence electrons. The largest absolute Gasteiger partial charge is 0.509 e. The van der Waals surface area contributed by atoms with Crippen molar-refractivity contribution in [3.8, 4) is 11.5 Å². The average Bonchev–Trinajstić information content (AvgIpc) is 3.24. The highest BCUT2D eigenvalue weighted by Crippen LogP contribution is 2.52. The molecule has 2 aliphatic heterocycles. The number of aryl methyl sites for hydroxylation is 1. The number of ether oxygens (including phenoxy) is 4. The van der Waals surface area contributed by atoms with Gasteiger partial charge in [0.25, 0.3) is 0 Å². The van der Waals surface area contributed by atoms with Gasteiger partial charge in [0, 0.05) is 19.0 Å². The first-order valence-corrected chi connectivity index (χ1v) is 12.0. The third-order valence-electron chi connectivity index (χ3n) is 7.16. The molecule has 0 saturated carbocycles. The topological polar surface area (TPSA) is 79.2 Å². The Morgan fingerprint density at radius 1 is 1.03 bits per heavy atom. The lowest BCUT2D eigenvalue weighted by Crippen LogP contribution is -2.48. The summed E-state index contributed by atoms with van der Waals surface area (Å²) < 4.78 is 25.8. The zero-order valence-electron chi connectivity index (χ0n) is 21.0. The number of carbonyl (C=O) groups excluding carboxylic acids is 1. The maximum atomic E-state index is 13.9. The number of hydrogen-bond acceptors (Lipinski definition) is 7. The molecule has 36 heavy (non-hydrogen) atoms. The average molecular weight is 489 g/mol. The van der Waals surface area contributed by atoms with Crippen molar-refractivity contribution in [1.29, 1.82) is 0 Å². The molecule has 0 bridgehead atoms. The van der Waals surface area contributed by atoms with Crippen molar-refractivity contribution in [2.75, 3.05) is 27.2 Å². The van der Waals surface area contributed by atoms with Crippen LogP contribution in [0.2, 0.25) is 0 Å². The van der Waals surface area contributed by atoms with Gasteiger partial charge < -0.3 is 28.4 Å². The fourth-order valence-corrected chi connectivity index (χ4v) is 5.35. The molecule has 0 radical (unpaired) electrons. The summed E-state index contributed by atoms with van der Waals surface area (Å²) in [5.74, 6) is 0.923. The quantitative estimate of drug-likeness (QED) is 0.308. The standard InChI is InChI=1S/C28H28N2O6/c1-28(2)26-25(34-27(32)35-26)21-22-18(14-20(24(21)36-28)33-11-10-29(3)4)23(31)17-12-15-8-6-7-9-16(15)13-19(17)30(22)5/h6-9,12-14,25-26H,10-11H2,1-5H3/t25-,26-/m1/s1. The molecular weight excluding hydrogens is 460 g/mol. The minimum atomic E-state index is -0.858. The van der Waals surface area contributed by atoms with E-state index >= 15 is 0 Å². The van der Waals surface area contributed by atoms with Gasteiger partial charge in [0.15, 0.2) is 29.1 Å². The predicted octanol–water partition coefficient (Wildman–Crippen LogP) is 4.53. The van der Waals surface area contributed by atoms with Crippen molar-refractivity contribution in [3.05, 3.63) is 58.3 Å². The molecule has 8 heteroatoms. The van der Waals surface area contributed by atoms with Gasteiger partial charge in [-0.05, 0) is 56.9 Å². The summed E-state index contributed by atoms with van der Waals surface area (Å²) in [4.78, 5) is 28.2. The SMILES string of the molecule is CN(C)CCOc1cc2c(=O)c3cc4ccccc4cc3n(C)c2c2c1OC(C)(C)[C@@H]1OC(=O)O[C@H]21. The van der Waals surface area contributed by atoms with Crippen molar-refractivity contribution in [2.45, 2.75) is 31.7 Å². The van der Waals surface area contributed by atoms with Crippen LogP contribution in [0, 0.1) is 0 Å². The van der Waals surface area contributed by atoms with Crippen LogP contribution in [0.25, 0.3) is 32.6 Å². The second-order valence-corrected chi connectivity index (χ2v) is 10.3. The third-order valence-corrected chi connectivity index (χ3v) is 7.16. The van der Waals surface area contributed by atoms with E-state index in [0.717, 1.165) is 16.3 Å². The molecule has 6 rings (SSSR count). The van der Waals surface area contributed by atoms with Crippen LogP contribution < -0.4 is 14.9 Å². The number of benzene rings is 3. The molecule has 0 N–H and O–H groups in total. The van der Waals surface area contributed by atoms with Gasteiger partial charge in [-0.2, -0.15) is 0 Å². The van der Waals surface area contributed by atoms with Crippen molar-refractivity contribution >= 4 is 38.7 Å². The van der Waals surface area contributed by atoms with Gasteiger partial charge in [-0.3, -0.25) is 4.79 Å². The lowest BCUT2D eigenvalue weighted by atomic mass is 9.86. The summed E-state index contributed by atoms with van der Waals surface area (Å²) in [6.07, 6.45) is -2.15. The normalized spacial score (nSPS) is 20.2. The first kappa shape index (κ1) is 22.7. The summed E-state index contributed by atoms with van der Waals surface area (Å²) in [6.45, 7) is 4.80. The van der Waals surface area contributed by atoms with Gasteiger partial charge in [0.2, 0.25) is 0 Å². The number of aromatic nitrogens is 1. The molecule has 1 aromatic heterocycles. The lowest BCUT2D eigenvalue weighted by Gasteiger charge is -2.39. The van der Waals surface area contributed by atoms with E-state index in [9.17, 15) is 9.59 Å². The number of carbonyl (C=O) groups is 1. The molecule has 3 heterocycles. The maximum Gasteiger partial charge on any atom is 0.509 e. The van der Waals surface area contributed by atoms with Gasteiger partial charge >= 0.3 is 6.16 Å². The molecule has 1 fully saturated rings. The smallest absolute Gasteiger partial charge is 0.488 e. The zero-order chi connectivity index (χ0) is 25.4. The van der Waals surface area contributed by atoms with E-state index < -0.39 is 24.0 Å². The number of likely N-dealkylation sites (N-methyl/N-ethyl adjacent to an activating group) is 1. The first-order chi connectivity index (χ1) is 17.2. The molecule has 2 aliphatic rings. The van der Waals surface area contributed by atoms with E-state index in [1.807, 2.05) is 80.9 Å². The van der Waals surface area contributed by atoms with E-state index in [1.165, 1.54) is 0 Å². The number of pyridine rings is 1. The Balaban J connectivity index is 1.70. The summed E-state index contributed by atoms with van der Waals surface area (Å²) in [6, 6.07) is 13.7. The molecule has 0 amide bonds. The van der Waals surface area contributed by atoms with Crippen molar-refractivity contribution in [2.24, 2.45) is 7.05 Å². The number of rotatable bonds is 4.